The predicted octanol–water partition coefficient (Wildman–Crippen LogP) is 2.19. The Morgan fingerprint density at radius 3 is 2.65 bits per heavy atom. The zero-order valence-corrected chi connectivity index (χ0v) is 19.3. The topological polar surface area (TPSA) is 102 Å². The number of anilines is 1. The van der Waals surface area contributed by atoms with Crippen molar-refractivity contribution in [2.75, 3.05) is 23.7 Å². The lowest BCUT2D eigenvalue weighted by molar-refractivity contribution is 0.351. The van der Waals surface area contributed by atoms with Crippen molar-refractivity contribution in [3.05, 3.63) is 38.8 Å². The summed E-state index contributed by atoms with van der Waals surface area (Å²) in [5.74, 6) is 2.69. The first-order chi connectivity index (χ1) is 14.8. The number of H-pyrrole nitrogens is 1. The molecule has 1 saturated heterocycles. The number of fused-ring (bicyclic) bond motifs is 1. The van der Waals surface area contributed by atoms with Gasteiger partial charge in [0.2, 0.25) is 5.95 Å². The van der Waals surface area contributed by atoms with Gasteiger partial charge >= 0.3 is 5.69 Å². The highest BCUT2D eigenvalue weighted by Gasteiger charge is 2.27. The largest absolute Gasteiger partial charge is 0.342 e. The maximum Gasteiger partial charge on any atom is 0.329 e. The van der Waals surface area contributed by atoms with Gasteiger partial charge in [0.15, 0.2) is 16.3 Å². The first kappa shape index (κ1) is 21.6. The van der Waals surface area contributed by atoms with E-state index in [2.05, 4.69) is 33.7 Å². The minimum atomic E-state index is -0.443. The number of nitrogens with zero attached hydrogens (tertiary/aromatic N) is 6. The van der Waals surface area contributed by atoms with Gasteiger partial charge in [-0.3, -0.25) is 14.3 Å². The highest BCUT2D eigenvalue weighted by molar-refractivity contribution is 7.99. The molecule has 1 N–H and O–H groups in total. The molecule has 4 heterocycles. The third-order valence-electron chi connectivity index (χ3n) is 5.67. The molecule has 0 amide bonds. The van der Waals surface area contributed by atoms with E-state index in [0.717, 1.165) is 42.1 Å². The Hall–Kier alpha value is -2.62. The molecule has 2 atom stereocenters. The maximum atomic E-state index is 12.7. The summed E-state index contributed by atoms with van der Waals surface area (Å²) in [6, 6.07) is 1.88. The quantitative estimate of drug-likeness (QED) is 0.354. The van der Waals surface area contributed by atoms with Crippen molar-refractivity contribution in [2.24, 2.45) is 18.9 Å². The Morgan fingerprint density at radius 1 is 1.19 bits per heavy atom. The monoisotopic (exact) mass is 443 g/mol. The number of thioether (sulfide) groups is 1. The molecule has 3 aromatic rings. The minimum Gasteiger partial charge on any atom is -0.342 e. The van der Waals surface area contributed by atoms with Crippen molar-refractivity contribution in [3.63, 3.8) is 0 Å². The maximum absolute atomic E-state index is 12.7. The summed E-state index contributed by atoms with van der Waals surface area (Å²) in [6.45, 7) is 8.86. The summed E-state index contributed by atoms with van der Waals surface area (Å²) in [5.41, 5.74) is 1.01. The number of aromatic nitrogens is 6. The first-order valence-electron chi connectivity index (χ1n) is 10.7. The molecule has 0 spiro atoms. The fourth-order valence-corrected chi connectivity index (χ4v) is 5.18. The third-order valence-corrected chi connectivity index (χ3v) is 6.62. The Morgan fingerprint density at radius 2 is 1.94 bits per heavy atom. The van der Waals surface area contributed by atoms with Crippen molar-refractivity contribution in [1.29, 1.82) is 0 Å². The van der Waals surface area contributed by atoms with Crippen molar-refractivity contribution >= 4 is 28.9 Å². The van der Waals surface area contributed by atoms with Gasteiger partial charge in [0.1, 0.15) is 0 Å². The SMILES string of the molecule is Cc1ccnc(SCCCn2c(N3C[C@H](C)C[C@H](C)C3)nc3c2c(=O)[nH]c(=O)n3C)n1. The highest BCUT2D eigenvalue weighted by Crippen LogP contribution is 2.28. The standard InChI is InChI=1S/C21H29N7O2S/c1-13-10-14(2)12-27(11-13)20-24-17-16(18(29)25-21(30)26(17)4)28(20)8-5-9-31-19-22-7-6-15(3)23-19/h6-7,13-14H,5,8-12H2,1-4H3,(H,25,29,30)/t13-,14+. The van der Waals surface area contributed by atoms with Gasteiger partial charge in [-0.2, -0.15) is 4.98 Å². The molecule has 4 rings (SSSR count). The lowest BCUT2D eigenvalue weighted by Gasteiger charge is -2.35. The molecular weight excluding hydrogens is 414 g/mol. The van der Waals surface area contributed by atoms with Crippen molar-refractivity contribution in [3.8, 4) is 0 Å². The smallest absolute Gasteiger partial charge is 0.329 e. The highest BCUT2D eigenvalue weighted by atomic mass is 32.2. The summed E-state index contributed by atoms with van der Waals surface area (Å²) in [6.07, 6.45) is 3.77. The lowest BCUT2D eigenvalue weighted by atomic mass is 9.92. The molecule has 0 unspecified atom stereocenters. The number of piperidine rings is 1. The summed E-state index contributed by atoms with van der Waals surface area (Å²) >= 11 is 1.60. The van der Waals surface area contributed by atoms with Crippen LogP contribution in [0.25, 0.3) is 11.2 Å². The molecule has 9 nitrogen and oxygen atoms in total. The molecule has 0 saturated carbocycles. The molecular formula is C21H29N7O2S. The number of imidazole rings is 1. The number of hydrogen-bond acceptors (Lipinski definition) is 7. The molecule has 166 valence electrons. The average Bonchev–Trinajstić information content (AvgIpc) is 3.09. The molecule has 3 aromatic heterocycles. The second-order valence-electron chi connectivity index (χ2n) is 8.59. The molecule has 0 aliphatic carbocycles. The molecule has 0 bridgehead atoms. The van der Waals surface area contributed by atoms with Gasteiger partial charge in [-0.25, -0.2) is 14.8 Å². The van der Waals surface area contributed by atoms with Gasteiger partial charge < -0.3 is 9.47 Å². The van der Waals surface area contributed by atoms with E-state index >= 15 is 0 Å². The Labute approximate surface area is 184 Å². The predicted molar refractivity (Wildman–Crippen MR) is 123 cm³/mol. The number of hydrogen-bond donors (Lipinski definition) is 1. The Bertz CT molecular complexity index is 1190. The van der Waals surface area contributed by atoms with Crippen LogP contribution in [0.2, 0.25) is 0 Å². The van der Waals surface area contributed by atoms with Crippen molar-refractivity contribution in [1.82, 2.24) is 29.1 Å². The lowest BCUT2D eigenvalue weighted by Crippen LogP contribution is -2.40. The van der Waals surface area contributed by atoms with E-state index in [1.54, 1.807) is 25.0 Å². The van der Waals surface area contributed by atoms with Crippen LogP contribution >= 0.6 is 11.8 Å². The van der Waals surface area contributed by atoms with Crippen molar-refractivity contribution in [2.45, 2.75) is 45.3 Å². The second-order valence-corrected chi connectivity index (χ2v) is 9.65. The summed E-state index contributed by atoms with van der Waals surface area (Å²) in [5, 5.41) is 0.759. The average molecular weight is 444 g/mol. The van der Waals surface area contributed by atoms with Gasteiger partial charge in [-0.15, -0.1) is 0 Å². The molecule has 31 heavy (non-hydrogen) atoms. The van der Waals surface area contributed by atoms with E-state index in [1.807, 2.05) is 17.6 Å². The van der Waals surface area contributed by atoms with E-state index in [-0.39, 0.29) is 5.56 Å². The van der Waals surface area contributed by atoms with Crippen LogP contribution in [0.15, 0.2) is 27.0 Å². The van der Waals surface area contributed by atoms with Crippen molar-refractivity contribution < 1.29 is 0 Å². The van der Waals surface area contributed by atoms with Gasteiger partial charge in [-0.05, 0) is 37.7 Å². The molecule has 1 aliphatic heterocycles. The summed E-state index contributed by atoms with van der Waals surface area (Å²) < 4.78 is 3.40. The van der Waals surface area contributed by atoms with Crippen LogP contribution in [0.3, 0.4) is 0 Å². The van der Waals surface area contributed by atoms with Crippen LogP contribution in [0.4, 0.5) is 5.95 Å². The zero-order valence-electron chi connectivity index (χ0n) is 18.5. The fraction of sp³-hybridized carbons (Fsp3) is 0.571. The molecule has 0 radical (unpaired) electrons. The number of aromatic amines is 1. The van der Waals surface area contributed by atoms with Crippen LogP contribution in [0.5, 0.6) is 0 Å². The molecule has 10 heteroatoms. The fourth-order valence-electron chi connectivity index (χ4n) is 4.38. The number of nitrogens with one attached hydrogen (secondary N) is 1. The van der Waals surface area contributed by atoms with Crippen LogP contribution in [0, 0.1) is 18.8 Å². The van der Waals surface area contributed by atoms with E-state index < -0.39 is 5.69 Å². The van der Waals surface area contributed by atoms with Crippen LogP contribution < -0.4 is 16.1 Å². The Kier molecular flexibility index (Phi) is 6.17. The summed E-state index contributed by atoms with van der Waals surface area (Å²) in [7, 11) is 1.65. The second kappa shape index (κ2) is 8.86. The van der Waals surface area contributed by atoms with Crippen LogP contribution in [0.1, 0.15) is 32.4 Å². The summed E-state index contributed by atoms with van der Waals surface area (Å²) in [4.78, 5) is 43.0. The minimum absolute atomic E-state index is 0.385. The van der Waals surface area contributed by atoms with Gasteiger partial charge in [0.25, 0.3) is 5.56 Å². The van der Waals surface area contributed by atoms with E-state index in [9.17, 15) is 9.59 Å². The number of aryl methyl sites for hydroxylation is 3. The van der Waals surface area contributed by atoms with Crippen LogP contribution in [-0.4, -0.2) is 47.9 Å². The first-order valence-corrected chi connectivity index (χ1v) is 11.7. The zero-order chi connectivity index (χ0) is 22.1. The van der Waals surface area contributed by atoms with E-state index in [1.165, 1.54) is 11.0 Å². The number of rotatable bonds is 6. The molecule has 0 aromatic carbocycles. The van der Waals surface area contributed by atoms with Crippen LogP contribution in [-0.2, 0) is 13.6 Å². The van der Waals surface area contributed by atoms with E-state index in [4.69, 9.17) is 4.98 Å². The van der Waals surface area contributed by atoms with Gasteiger partial charge in [0, 0.05) is 44.3 Å². The molecule has 1 fully saturated rings. The van der Waals surface area contributed by atoms with Gasteiger partial charge in [-0.1, -0.05) is 25.6 Å². The van der Waals surface area contributed by atoms with Gasteiger partial charge in [0.05, 0.1) is 0 Å². The molecule has 1 aliphatic rings. The third kappa shape index (κ3) is 4.53. The Balaban J connectivity index is 1.64. The van der Waals surface area contributed by atoms with E-state index in [0.29, 0.717) is 29.5 Å². The normalized spacial score (nSPS) is 19.3.